The van der Waals surface area contributed by atoms with Crippen molar-refractivity contribution in [2.75, 3.05) is 0 Å². The van der Waals surface area contributed by atoms with Gasteiger partial charge in [-0.2, -0.15) is 13.4 Å². The lowest BCUT2D eigenvalue weighted by Gasteiger charge is -2.09. The van der Waals surface area contributed by atoms with E-state index >= 15 is 0 Å². The molecule has 0 N–H and O–H groups in total. The number of para-hydroxylation sites is 1. The maximum atomic E-state index is 12.4. The zero-order chi connectivity index (χ0) is 16.4. The SMILES string of the molecule is Cc1ccc(S(=O)(=O)Oc2ccccc2-c2nc(C)no2)cc1. The Labute approximate surface area is 133 Å². The summed E-state index contributed by atoms with van der Waals surface area (Å²) in [6.07, 6.45) is 0. The van der Waals surface area contributed by atoms with Crippen LogP contribution in [0, 0.1) is 13.8 Å². The highest BCUT2D eigenvalue weighted by Crippen LogP contribution is 2.30. The Kier molecular flexibility index (Phi) is 3.87. The van der Waals surface area contributed by atoms with E-state index in [-0.39, 0.29) is 16.5 Å². The van der Waals surface area contributed by atoms with Crippen LogP contribution in [0.2, 0.25) is 0 Å². The van der Waals surface area contributed by atoms with E-state index in [1.807, 2.05) is 6.92 Å². The Morgan fingerprint density at radius 2 is 1.70 bits per heavy atom. The summed E-state index contributed by atoms with van der Waals surface area (Å²) in [5, 5.41) is 3.71. The summed E-state index contributed by atoms with van der Waals surface area (Å²) < 4.78 is 35.2. The Morgan fingerprint density at radius 3 is 2.35 bits per heavy atom. The smallest absolute Gasteiger partial charge is 0.339 e. The van der Waals surface area contributed by atoms with Crippen LogP contribution < -0.4 is 4.18 Å². The lowest BCUT2D eigenvalue weighted by molar-refractivity contribution is 0.423. The molecule has 0 spiro atoms. The summed E-state index contributed by atoms with van der Waals surface area (Å²) in [6.45, 7) is 3.56. The molecule has 0 unspecified atom stereocenters. The highest BCUT2D eigenvalue weighted by atomic mass is 32.2. The molecule has 0 saturated heterocycles. The summed E-state index contributed by atoms with van der Waals surface area (Å²) in [5.41, 5.74) is 1.38. The summed E-state index contributed by atoms with van der Waals surface area (Å²) in [4.78, 5) is 4.19. The van der Waals surface area contributed by atoms with Gasteiger partial charge in [-0.1, -0.05) is 35.0 Å². The fraction of sp³-hybridized carbons (Fsp3) is 0.125. The molecule has 3 aromatic rings. The Bertz CT molecular complexity index is 931. The molecule has 1 heterocycles. The molecule has 0 aliphatic rings. The fourth-order valence-electron chi connectivity index (χ4n) is 1.99. The van der Waals surface area contributed by atoms with Crippen LogP contribution in [0.4, 0.5) is 0 Å². The minimum absolute atomic E-state index is 0.0830. The molecule has 118 valence electrons. The van der Waals surface area contributed by atoms with Crippen molar-refractivity contribution in [3.63, 3.8) is 0 Å². The standard InChI is InChI=1S/C16H14N2O4S/c1-11-7-9-13(10-8-11)23(19,20)22-15-6-4-3-5-14(15)16-17-12(2)18-21-16/h3-10H,1-2H3. The van der Waals surface area contributed by atoms with Gasteiger partial charge in [0.05, 0.1) is 5.56 Å². The monoisotopic (exact) mass is 330 g/mol. The second-order valence-corrected chi connectivity index (χ2v) is 6.54. The van der Waals surface area contributed by atoms with Gasteiger partial charge in [0, 0.05) is 0 Å². The third kappa shape index (κ3) is 3.24. The minimum atomic E-state index is -3.94. The Morgan fingerprint density at radius 1 is 1.00 bits per heavy atom. The molecule has 0 radical (unpaired) electrons. The van der Waals surface area contributed by atoms with Crippen LogP contribution in [0.25, 0.3) is 11.5 Å². The predicted molar refractivity (Wildman–Crippen MR) is 83.5 cm³/mol. The van der Waals surface area contributed by atoms with Crippen molar-refractivity contribution in [3.05, 3.63) is 59.9 Å². The third-order valence-electron chi connectivity index (χ3n) is 3.15. The first-order chi connectivity index (χ1) is 11.0. The molecule has 1 aromatic heterocycles. The van der Waals surface area contributed by atoms with Crippen molar-refractivity contribution in [2.24, 2.45) is 0 Å². The highest BCUT2D eigenvalue weighted by molar-refractivity contribution is 7.87. The number of nitrogens with zero attached hydrogens (tertiary/aromatic N) is 2. The summed E-state index contributed by atoms with van der Waals surface area (Å²) in [7, 11) is -3.94. The number of aryl methyl sites for hydroxylation is 2. The molecular formula is C16H14N2O4S. The largest absolute Gasteiger partial charge is 0.378 e. The van der Waals surface area contributed by atoms with Gasteiger partial charge in [0.2, 0.25) is 0 Å². The predicted octanol–water partition coefficient (Wildman–Crippen LogP) is 3.12. The molecule has 6 nitrogen and oxygen atoms in total. The Balaban J connectivity index is 1.98. The average molecular weight is 330 g/mol. The van der Waals surface area contributed by atoms with Crippen LogP contribution in [0.1, 0.15) is 11.4 Å². The molecule has 2 aromatic carbocycles. The topological polar surface area (TPSA) is 82.3 Å². The summed E-state index contributed by atoms with van der Waals surface area (Å²) in [6, 6.07) is 13.0. The van der Waals surface area contributed by atoms with E-state index in [1.165, 1.54) is 12.1 Å². The lowest BCUT2D eigenvalue weighted by Crippen LogP contribution is -2.10. The van der Waals surface area contributed by atoms with Crippen LogP contribution in [0.5, 0.6) is 5.75 Å². The van der Waals surface area contributed by atoms with E-state index in [4.69, 9.17) is 8.71 Å². The van der Waals surface area contributed by atoms with Gasteiger partial charge in [-0.3, -0.25) is 0 Å². The number of hydrogen-bond acceptors (Lipinski definition) is 6. The van der Waals surface area contributed by atoms with E-state index < -0.39 is 10.1 Å². The maximum absolute atomic E-state index is 12.4. The molecule has 3 rings (SSSR count). The summed E-state index contributed by atoms with van der Waals surface area (Å²) >= 11 is 0. The zero-order valence-corrected chi connectivity index (χ0v) is 13.4. The van der Waals surface area contributed by atoms with Gasteiger partial charge < -0.3 is 8.71 Å². The maximum Gasteiger partial charge on any atom is 0.339 e. The van der Waals surface area contributed by atoms with Crippen LogP contribution in [0.15, 0.2) is 57.9 Å². The first-order valence-corrected chi connectivity index (χ1v) is 8.27. The first-order valence-electron chi connectivity index (χ1n) is 6.86. The molecule has 0 bridgehead atoms. The second kappa shape index (κ2) is 5.85. The van der Waals surface area contributed by atoms with Gasteiger partial charge in [-0.05, 0) is 38.1 Å². The van der Waals surface area contributed by atoms with E-state index in [1.54, 1.807) is 43.3 Å². The first kappa shape index (κ1) is 15.2. The normalized spacial score (nSPS) is 11.4. The molecule has 23 heavy (non-hydrogen) atoms. The van der Waals surface area contributed by atoms with E-state index in [0.717, 1.165) is 5.56 Å². The molecule has 0 fully saturated rings. The van der Waals surface area contributed by atoms with E-state index in [0.29, 0.717) is 11.4 Å². The molecule has 0 saturated carbocycles. The van der Waals surface area contributed by atoms with Crippen LogP contribution in [-0.4, -0.2) is 18.6 Å². The lowest BCUT2D eigenvalue weighted by atomic mass is 10.2. The molecule has 7 heteroatoms. The average Bonchev–Trinajstić information content (AvgIpc) is 2.94. The molecular weight excluding hydrogens is 316 g/mol. The van der Waals surface area contributed by atoms with E-state index in [9.17, 15) is 8.42 Å². The Hall–Kier alpha value is -2.67. The van der Waals surface area contributed by atoms with Gasteiger partial charge in [0.15, 0.2) is 11.6 Å². The van der Waals surface area contributed by atoms with Crippen molar-refractivity contribution in [1.29, 1.82) is 0 Å². The number of rotatable bonds is 4. The van der Waals surface area contributed by atoms with E-state index in [2.05, 4.69) is 10.1 Å². The molecule has 0 aliphatic heterocycles. The molecule has 0 amide bonds. The number of aromatic nitrogens is 2. The fourth-order valence-corrected chi connectivity index (χ4v) is 2.94. The number of hydrogen-bond donors (Lipinski definition) is 0. The second-order valence-electron chi connectivity index (χ2n) is 4.99. The van der Waals surface area contributed by atoms with Crippen molar-refractivity contribution >= 4 is 10.1 Å². The van der Waals surface area contributed by atoms with Crippen LogP contribution in [-0.2, 0) is 10.1 Å². The summed E-state index contributed by atoms with van der Waals surface area (Å²) in [5.74, 6) is 0.796. The van der Waals surface area contributed by atoms with Gasteiger partial charge in [0.25, 0.3) is 5.89 Å². The van der Waals surface area contributed by atoms with Crippen molar-refractivity contribution in [2.45, 2.75) is 18.7 Å². The third-order valence-corrected chi connectivity index (χ3v) is 4.40. The number of benzene rings is 2. The zero-order valence-electron chi connectivity index (χ0n) is 12.6. The highest BCUT2D eigenvalue weighted by Gasteiger charge is 2.20. The van der Waals surface area contributed by atoms with Crippen molar-refractivity contribution in [3.8, 4) is 17.2 Å². The van der Waals surface area contributed by atoms with Crippen molar-refractivity contribution in [1.82, 2.24) is 10.1 Å². The van der Waals surface area contributed by atoms with Gasteiger partial charge in [-0.15, -0.1) is 0 Å². The van der Waals surface area contributed by atoms with Crippen molar-refractivity contribution < 1.29 is 17.1 Å². The van der Waals surface area contributed by atoms with Gasteiger partial charge in [0.1, 0.15) is 4.90 Å². The van der Waals surface area contributed by atoms with Gasteiger partial charge >= 0.3 is 10.1 Å². The molecule has 0 aliphatic carbocycles. The minimum Gasteiger partial charge on any atom is -0.378 e. The quantitative estimate of drug-likeness (QED) is 0.684. The van der Waals surface area contributed by atoms with Gasteiger partial charge in [-0.25, -0.2) is 0 Å². The van der Waals surface area contributed by atoms with Crippen LogP contribution >= 0.6 is 0 Å². The van der Waals surface area contributed by atoms with Crippen LogP contribution in [0.3, 0.4) is 0 Å². The molecule has 0 atom stereocenters.